The first-order valence-corrected chi connectivity index (χ1v) is 19.0. The molecule has 3 saturated heterocycles. The van der Waals surface area contributed by atoms with Crippen molar-refractivity contribution in [3.63, 3.8) is 0 Å². The molecule has 0 spiro atoms. The number of H-pyrrole nitrogens is 1. The van der Waals surface area contributed by atoms with Crippen LogP contribution in [0.2, 0.25) is 0 Å². The zero-order valence-corrected chi connectivity index (χ0v) is 29.4. The molecule has 0 aromatic carbocycles. The summed E-state index contributed by atoms with van der Waals surface area (Å²) < 4.78 is 90.4. The number of carbonyl (C=O) groups excluding carboxylic acids is 1. The number of carbonyl (C=O) groups is 1. The molecule has 7 N–H and O–H groups in total. The number of rotatable bonds is 6. The number of nitrogen functional groups attached to an aromatic ring is 2. The Labute approximate surface area is 296 Å². The number of aromatic nitrogens is 8. The summed E-state index contributed by atoms with van der Waals surface area (Å²) in [7, 11) is -9.80. The van der Waals surface area contributed by atoms with Gasteiger partial charge in [-0.1, -0.05) is 0 Å². The Morgan fingerprint density at radius 3 is 2.47 bits per heavy atom. The molecule has 3 aliphatic heterocycles. The first-order chi connectivity index (χ1) is 25.1. The Morgan fingerprint density at radius 2 is 1.72 bits per heavy atom. The fourth-order valence-corrected chi connectivity index (χ4v) is 8.44. The molecule has 3 aliphatic rings. The van der Waals surface area contributed by atoms with Crippen molar-refractivity contribution < 1.29 is 65.4 Å². The maximum Gasteiger partial charge on any atom is 0.508 e. The van der Waals surface area contributed by atoms with Gasteiger partial charge in [-0.2, -0.15) is 4.98 Å². The van der Waals surface area contributed by atoms with E-state index in [1.54, 1.807) is 13.8 Å². The van der Waals surface area contributed by atoms with Crippen LogP contribution in [-0.4, -0.2) is 124 Å². The number of aliphatic hydroxyl groups is 1. The molecule has 0 aliphatic carbocycles. The molecule has 27 heteroatoms. The molecule has 10 atom stereocenters. The van der Waals surface area contributed by atoms with Gasteiger partial charge in [0.25, 0.3) is 5.56 Å². The van der Waals surface area contributed by atoms with Crippen LogP contribution in [0, 0.1) is 0 Å². The molecule has 3 fully saturated rings. The molecular formula is C26H33FN10O14P2. The summed E-state index contributed by atoms with van der Waals surface area (Å²) in [4.78, 5) is 57.8. The van der Waals surface area contributed by atoms with Crippen LogP contribution in [0.4, 0.5) is 21.0 Å². The second kappa shape index (κ2) is 14.2. The minimum Gasteiger partial charge on any atom is -0.434 e. The van der Waals surface area contributed by atoms with Crippen LogP contribution in [0.15, 0.2) is 23.8 Å². The average molecular weight is 791 g/mol. The van der Waals surface area contributed by atoms with Crippen molar-refractivity contribution in [1.82, 2.24) is 39.0 Å². The molecule has 4 aromatic rings. The van der Waals surface area contributed by atoms with Gasteiger partial charge in [0, 0.05) is 0 Å². The SMILES string of the molecule is CC(C)OC(=O)OCCP1(=O)OC[C@H]2O[C@@H](n3cnc4c(N)ncnc43)[C@@H](F)C2OP(=O)(O)OC[C@H]2O[C@@H](n3cnc4c(=O)[nH]c(N)nc43)[C@@H](O1)C2O. The Kier molecular flexibility index (Phi) is 9.99. The summed E-state index contributed by atoms with van der Waals surface area (Å²) in [5, 5.41) is 11.4. The number of imidazole rings is 2. The quantitative estimate of drug-likeness (QED) is 0.129. The first kappa shape index (κ1) is 37.2. The largest absolute Gasteiger partial charge is 0.508 e. The number of hydrogen-bond donors (Lipinski definition) is 5. The fourth-order valence-electron chi connectivity index (χ4n) is 5.90. The molecule has 2 bridgehead atoms. The lowest BCUT2D eigenvalue weighted by Crippen LogP contribution is -2.36. The molecule has 0 radical (unpaired) electrons. The molecule has 7 heterocycles. The number of aliphatic hydroxyl groups excluding tert-OH is 1. The van der Waals surface area contributed by atoms with Crippen LogP contribution in [0.25, 0.3) is 22.3 Å². The number of halogens is 1. The van der Waals surface area contributed by atoms with Gasteiger partial charge in [-0.15, -0.1) is 0 Å². The second-order valence-corrected chi connectivity index (χ2v) is 15.8. The van der Waals surface area contributed by atoms with Gasteiger partial charge in [-0.05, 0) is 13.8 Å². The van der Waals surface area contributed by atoms with Crippen LogP contribution >= 0.6 is 15.4 Å². The predicted octanol–water partition coefficient (Wildman–Crippen LogP) is 0.290. The standard InChI is InChI=1S/C26H33FN10O14P2/c1-10(2)47-26(40)44-3-4-52(41)45-6-12-17(13(27)23(49-12)36-8-32-14-19(28)30-7-31-20(14)36)51-53(42,43)46-5-11-16(38)18(50-52)24(48-11)37-9-33-15-21(37)34-25(29)35-22(15)39/h7-13,16-18,23-24,38H,3-6H2,1-2H3,(H,42,43)(H2,28,30,31)(H3,29,34,35,39)/t11-,12-,13+,16?,17?,18+,23-,24-,52?/m1/s1. The number of aromatic amines is 1. The van der Waals surface area contributed by atoms with E-state index >= 15 is 4.39 Å². The van der Waals surface area contributed by atoms with Gasteiger partial charge >= 0.3 is 21.6 Å². The highest BCUT2D eigenvalue weighted by Crippen LogP contribution is 2.56. The summed E-state index contributed by atoms with van der Waals surface area (Å²) in [6.07, 6.45) is -12.7. The minimum absolute atomic E-state index is 0.0118. The van der Waals surface area contributed by atoms with E-state index in [2.05, 4.69) is 29.9 Å². The summed E-state index contributed by atoms with van der Waals surface area (Å²) in [6.45, 7) is 0.879. The Hall–Kier alpha value is -4.16. The van der Waals surface area contributed by atoms with Crippen molar-refractivity contribution in [3.05, 3.63) is 29.3 Å². The van der Waals surface area contributed by atoms with E-state index in [0.717, 1.165) is 28.1 Å². The molecule has 4 unspecified atom stereocenters. The lowest BCUT2D eigenvalue weighted by molar-refractivity contribution is -0.0632. The van der Waals surface area contributed by atoms with Crippen molar-refractivity contribution >= 4 is 55.7 Å². The molecule has 53 heavy (non-hydrogen) atoms. The molecule has 7 rings (SSSR count). The number of phosphoric acid groups is 1. The highest BCUT2D eigenvalue weighted by atomic mass is 31.2. The summed E-state index contributed by atoms with van der Waals surface area (Å²) >= 11 is 0. The maximum atomic E-state index is 16.3. The zero-order chi connectivity index (χ0) is 37.8. The van der Waals surface area contributed by atoms with Crippen LogP contribution in [0.3, 0.4) is 0 Å². The van der Waals surface area contributed by atoms with Gasteiger partial charge < -0.3 is 44.9 Å². The van der Waals surface area contributed by atoms with E-state index in [1.807, 2.05) is 0 Å². The second-order valence-electron chi connectivity index (χ2n) is 12.2. The van der Waals surface area contributed by atoms with Crippen molar-refractivity contribution in [2.24, 2.45) is 0 Å². The monoisotopic (exact) mass is 790 g/mol. The first-order valence-electron chi connectivity index (χ1n) is 15.8. The van der Waals surface area contributed by atoms with E-state index in [-0.39, 0.29) is 34.1 Å². The summed E-state index contributed by atoms with van der Waals surface area (Å²) in [5.41, 5.74) is 10.8. The molecule has 288 valence electrons. The van der Waals surface area contributed by atoms with Gasteiger partial charge in [-0.3, -0.25) is 37.0 Å². The number of nitrogens with two attached hydrogens (primary N) is 2. The lowest BCUT2D eigenvalue weighted by atomic mass is 10.1. The normalized spacial score (nSPS) is 33.7. The summed E-state index contributed by atoms with van der Waals surface area (Å²) in [5.74, 6) is -0.308. The maximum absolute atomic E-state index is 16.3. The summed E-state index contributed by atoms with van der Waals surface area (Å²) in [6, 6.07) is 0. The smallest absolute Gasteiger partial charge is 0.434 e. The third-order valence-electron chi connectivity index (χ3n) is 8.26. The van der Waals surface area contributed by atoms with E-state index in [9.17, 15) is 28.7 Å². The van der Waals surface area contributed by atoms with Crippen LogP contribution < -0.4 is 17.0 Å². The van der Waals surface area contributed by atoms with Crippen molar-refractivity contribution in [3.8, 4) is 0 Å². The van der Waals surface area contributed by atoms with Gasteiger partial charge in [0.2, 0.25) is 5.95 Å². The fraction of sp³-hybridized carbons (Fsp3) is 0.577. The predicted molar refractivity (Wildman–Crippen MR) is 173 cm³/mol. The number of nitrogens with one attached hydrogen (secondary N) is 1. The van der Waals surface area contributed by atoms with Crippen LogP contribution in [0.1, 0.15) is 26.3 Å². The number of alkyl halides is 1. The topological polar surface area (TPSA) is 325 Å². The number of phosphoric ester groups is 1. The van der Waals surface area contributed by atoms with E-state index in [1.165, 1.54) is 0 Å². The third kappa shape index (κ3) is 7.36. The van der Waals surface area contributed by atoms with Crippen molar-refractivity contribution in [2.45, 2.75) is 69.1 Å². The van der Waals surface area contributed by atoms with Crippen LogP contribution in [-0.2, 0) is 46.2 Å². The van der Waals surface area contributed by atoms with Crippen molar-refractivity contribution in [2.75, 3.05) is 37.4 Å². The Bertz CT molecular complexity index is 2170. The Balaban J connectivity index is 1.23. The third-order valence-corrected chi connectivity index (χ3v) is 11.1. The number of fused-ring (bicyclic) bond motifs is 5. The van der Waals surface area contributed by atoms with E-state index in [0.29, 0.717) is 0 Å². The number of nitrogens with zero attached hydrogens (tertiary/aromatic N) is 7. The molecule has 0 saturated carbocycles. The average Bonchev–Trinajstić information content (AvgIpc) is 3.84. The van der Waals surface area contributed by atoms with E-state index < -0.39 is 108 Å². The Morgan fingerprint density at radius 1 is 1.02 bits per heavy atom. The molecule has 24 nitrogen and oxygen atoms in total. The zero-order valence-electron chi connectivity index (χ0n) is 27.6. The lowest BCUT2D eigenvalue weighted by Gasteiger charge is -2.28. The number of anilines is 2. The molecule has 0 amide bonds. The van der Waals surface area contributed by atoms with Gasteiger partial charge in [0.15, 0.2) is 41.3 Å². The van der Waals surface area contributed by atoms with E-state index in [4.69, 9.17) is 48.5 Å². The number of hydrogen-bond acceptors (Lipinski definition) is 20. The van der Waals surface area contributed by atoms with Crippen molar-refractivity contribution in [1.29, 1.82) is 0 Å². The van der Waals surface area contributed by atoms with Gasteiger partial charge in [-0.25, -0.2) is 33.7 Å². The highest BCUT2D eigenvalue weighted by Gasteiger charge is 2.54. The highest BCUT2D eigenvalue weighted by molar-refractivity contribution is 7.53. The van der Waals surface area contributed by atoms with Gasteiger partial charge in [0.1, 0.15) is 49.0 Å². The van der Waals surface area contributed by atoms with Crippen LogP contribution in [0.5, 0.6) is 0 Å². The minimum atomic E-state index is -5.19. The molecular weight excluding hydrogens is 757 g/mol. The molecule has 4 aromatic heterocycles. The number of ether oxygens (including phenoxy) is 4. The van der Waals surface area contributed by atoms with Gasteiger partial charge in [0.05, 0.1) is 38.1 Å².